The van der Waals surface area contributed by atoms with Crippen LogP contribution in [0.4, 0.5) is 0 Å². The summed E-state index contributed by atoms with van der Waals surface area (Å²) in [5, 5.41) is 0.318. The van der Waals surface area contributed by atoms with Crippen LogP contribution in [0, 0.1) is 35.0 Å². The van der Waals surface area contributed by atoms with Gasteiger partial charge in [0.15, 0.2) is 16.6 Å². The van der Waals surface area contributed by atoms with Crippen molar-refractivity contribution in [2.24, 2.45) is 35.0 Å². The summed E-state index contributed by atoms with van der Waals surface area (Å²) in [7, 11) is -2.23. The van der Waals surface area contributed by atoms with E-state index in [1.165, 1.54) is 43.3 Å². The van der Waals surface area contributed by atoms with E-state index in [1.807, 2.05) is 0 Å². The Balaban J connectivity index is 1.89. The summed E-state index contributed by atoms with van der Waals surface area (Å²) in [6.45, 7) is 42.7. The van der Waals surface area contributed by atoms with Crippen molar-refractivity contribution in [2.45, 2.75) is 182 Å². The minimum atomic E-state index is -1.99. The van der Waals surface area contributed by atoms with Gasteiger partial charge in [0.25, 0.3) is 0 Å². The second-order valence-electron chi connectivity index (χ2n) is 20.5. The molecule has 0 spiro atoms. The van der Waals surface area contributed by atoms with E-state index in [4.69, 9.17) is 24.9 Å². The van der Waals surface area contributed by atoms with Crippen LogP contribution < -0.4 is 0 Å². The van der Waals surface area contributed by atoms with Gasteiger partial charge in [-0.05, 0) is 129 Å². The molecule has 0 bridgehead atoms. The fourth-order valence-corrected chi connectivity index (χ4v) is 11.6. The van der Waals surface area contributed by atoms with E-state index in [-0.39, 0.29) is 27.9 Å². The first kappa shape index (κ1) is 43.6. The molecule has 3 aliphatic carbocycles. The largest absolute Gasteiger partial charge is 0.413 e. The second-order valence-corrected chi connectivity index (χ2v) is 30.0. The van der Waals surface area contributed by atoms with Gasteiger partial charge in [-0.3, -0.25) is 0 Å². The Kier molecular flexibility index (Phi) is 14.2. The highest BCUT2D eigenvalue weighted by Crippen LogP contribution is 2.59. The SMILES string of the molecule is C=C1/C(=C\C=C2/CCC[C@]3(C)[C@@H]([C@H](C)/C=C/[C@H](C(C)C)C(C)(C)OCOC)CC[C@@H]23)C[C@@H](O[Si](C)(C)C(C)(C)C)C[C@@H]1O[Si](C)(C)C(C)(C)C. The highest BCUT2D eigenvalue weighted by molar-refractivity contribution is 6.74. The molecule has 0 heterocycles. The first-order valence-electron chi connectivity index (χ1n) is 20.0. The van der Waals surface area contributed by atoms with E-state index in [9.17, 15) is 0 Å². The van der Waals surface area contributed by atoms with Crippen molar-refractivity contribution in [1.29, 1.82) is 0 Å². The summed E-state index contributed by atoms with van der Waals surface area (Å²) < 4.78 is 25.7. The van der Waals surface area contributed by atoms with E-state index in [0.29, 0.717) is 41.8 Å². The molecule has 4 nitrogen and oxygen atoms in total. The summed E-state index contributed by atoms with van der Waals surface area (Å²) in [5.74, 6) is 2.68. The number of fused-ring (bicyclic) bond motifs is 1. The van der Waals surface area contributed by atoms with Crippen molar-refractivity contribution in [3.8, 4) is 0 Å². The molecule has 288 valence electrons. The van der Waals surface area contributed by atoms with Gasteiger partial charge in [0.2, 0.25) is 0 Å². The maximum Gasteiger partial charge on any atom is 0.192 e. The van der Waals surface area contributed by atoms with Crippen LogP contribution in [-0.4, -0.2) is 48.3 Å². The number of hydrogen-bond donors (Lipinski definition) is 0. The van der Waals surface area contributed by atoms with E-state index in [1.54, 1.807) is 12.7 Å². The third kappa shape index (κ3) is 10.0. The third-order valence-electron chi connectivity index (χ3n) is 14.1. The topological polar surface area (TPSA) is 36.9 Å². The smallest absolute Gasteiger partial charge is 0.192 e. The quantitative estimate of drug-likeness (QED) is 0.107. The Morgan fingerprint density at radius 2 is 1.48 bits per heavy atom. The molecule has 0 aromatic heterocycles. The Morgan fingerprint density at radius 1 is 0.880 bits per heavy atom. The van der Waals surface area contributed by atoms with Crippen molar-refractivity contribution in [1.82, 2.24) is 0 Å². The second kappa shape index (κ2) is 16.3. The van der Waals surface area contributed by atoms with Gasteiger partial charge in [-0.25, -0.2) is 0 Å². The lowest BCUT2D eigenvalue weighted by molar-refractivity contribution is -0.137. The Morgan fingerprint density at radius 3 is 2.04 bits per heavy atom. The highest BCUT2D eigenvalue weighted by Gasteiger charge is 2.50. The zero-order valence-corrected chi connectivity index (χ0v) is 37.8. The van der Waals surface area contributed by atoms with Gasteiger partial charge in [-0.15, -0.1) is 0 Å². The number of allylic oxidation sites excluding steroid dienone is 4. The first-order valence-corrected chi connectivity index (χ1v) is 25.8. The Bertz CT molecular complexity index is 1240. The number of hydrogen-bond acceptors (Lipinski definition) is 4. The van der Waals surface area contributed by atoms with Gasteiger partial charge >= 0.3 is 0 Å². The van der Waals surface area contributed by atoms with Crippen LogP contribution in [0.3, 0.4) is 0 Å². The molecule has 0 aliphatic heterocycles. The van der Waals surface area contributed by atoms with Crippen molar-refractivity contribution < 1.29 is 18.3 Å². The summed E-state index contributed by atoms with van der Waals surface area (Å²) in [6.07, 6.45) is 18.4. The predicted molar refractivity (Wildman–Crippen MR) is 221 cm³/mol. The van der Waals surface area contributed by atoms with E-state index < -0.39 is 16.6 Å². The van der Waals surface area contributed by atoms with E-state index in [2.05, 4.69) is 134 Å². The van der Waals surface area contributed by atoms with Gasteiger partial charge in [0, 0.05) is 19.4 Å². The standard InChI is InChI=1S/C44H80O4Si2/c1-31(2)37(43(11,12)46-30-45-14)24-21-32(3)38-25-26-39-34(20-19-27-44(38,39)13)22-23-35-28-36(47-49(15,16)41(5,6)7)29-40(33(35)4)48-50(17,18)42(8,9)10/h21-24,31-32,36-40H,4,19-20,25-30H2,1-3,5-18H3/b24-21+,34-22+,35-23-/t32-,36-,37-,38-,39+,40+,44-/m1/s1. The number of rotatable bonds is 13. The molecular weight excluding hydrogens is 649 g/mol. The summed E-state index contributed by atoms with van der Waals surface area (Å²) >= 11 is 0. The maximum atomic E-state index is 7.12. The molecule has 0 N–H and O–H groups in total. The molecule has 0 saturated heterocycles. The molecule has 0 aromatic rings. The van der Waals surface area contributed by atoms with Gasteiger partial charge < -0.3 is 18.3 Å². The molecule has 3 fully saturated rings. The van der Waals surface area contributed by atoms with Crippen LogP contribution in [-0.2, 0) is 18.3 Å². The molecule has 50 heavy (non-hydrogen) atoms. The van der Waals surface area contributed by atoms with Gasteiger partial charge in [-0.1, -0.05) is 106 Å². The monoisotopic (exact) mass is 729 g/mol. The summed E-state index contributed by atoms with van der Waals surface area (Å²) in [4.78, 5) is 0. The molecule has 0 unspecified atom stereocenters. The zero-order valence-electron chi connectivity index (χ0n) is 35.8. The lowest BCUT2D eigenvalue weighted by atomic mass is 9.61. The molecule has 7 atom stereocenters. The van der Waals surface area contributed by atoms with Crippen molar-refractivity contribution in [2.75, 3.05) is 13.9 Å². The molecule has 6 heteroatoms. The van der Waals surface area contributed by atoms with Crippen LogP contribution in [0.2, 0.25) is 36.3 Å². The summed E-state index contributed by atoms with van der Waals surface area (Å²) in [5.41, 5.74) is 4.23. The molecule has 3 saturated carbocycles. The molecule has 0 radical (unpaired) electrons. The minimum Gasteiger partial charge on any atom is -0.413 e. The minimum absolute atomic E-state index is 0.0173. The van der Waals surface area contributed by atoms with Crippen LogP contribution >= 0.6 is 0 Å². The number of ether oxygens (including phenoxy) is 2. The van der Waals surface area contributed by atoms with Crippen molar-refractivity contribution in [3.63, 3.8) is 0 Å². The lowest BCUT2D eigenvalue weighted by Crippen LogP contribution is -2.49. The van der Waals surface area contributed by atoms with Crippen molar-refractivity contribution in [3.05, 3.63) is 47.6 Å². The molecule has 0 aromatic carbocycles. The van der Waals surface area contributed by atoms with Gasteiger partial charge in [0.05, 0.1) is 17.8 Å². The molecule has 3 rings (SSSR count). The molecular formula is C44H80O4Si2. The van der Waals surface area contributed by atoms with Gasteiger partial charge in [-0.2, -0.15) is 0 Å². The van der Waals surface area contributed by atoms with Crippen molar-refractivity contribution >= 4 is 16.6 Å². The zero-order chi connectivity index (χ0) is 38.1. The molecule has 0 amide bonds. The highest BCUT2D eigenvalue weighted by atomic mass is 28.4. The van der Waals surface area contributed by atoms with Crippen LogP contribution in [0.1, 0.15) is 128 Å². The fourth-order valence-electron chi connectivity index (χ4n) is 8.90. The third-order valence-corrected chi connectivity index (χ3v) is 23.1. The average molecular weight is 729 g/mol. The normalized spacial score (nSPS) is 30.5. The molecule has 3 aliphatic rings. The van der Waals surface area contributed by atoms with Crippen LogP contribution in [0.5, 0.6) is 0 Å². The predicted octanol–water partition coefficient (Wildman–Crippen LogP) is 13.0. The fraction of sp³-hybridized carbons (Fsp3) is 0.818. The number of methoxy groups -OCH3 is 1. The van der Waals surface area contributed by atoms with Crippen LogP contribution in [0.25, 0.3) is 0 Å². The maximum absolute atomic E-state index is 7.12. The summed E-state index contributed by atoms with van der Waals surface area (Å²) in [6, 6.07) is 0. The first-order chi connectivity index (χ1) is 22.8. The van der Waals surface area contributed by atoms with Gasteiger partial charge in [0.1, 0.15) is 6.79 Å². The lowest BCUT2D eigenvalue weighted by Gasteiger charge is -2.45. The Hall–Kier alpha value is -0.766. The van der Waals surface area contributed by atoms with E-state index >= 15 is 0 Å². The average Bonchev–Trinajstić information content (AvgIpc) is 3.32. The van der Waals surface area contributed by atoms with Crippen LogP contribution in [0.15, 0.2) is 47.6 Å². The van der Waals surface area contributed by atoms with E-state index in [0.717, 1.165) is 12.8 Å². The Labute approximate surface area is 312 Å².